The number of hydrogen-bond acceptors (Lipinski definition) is 2. The summed E-state index contributed by atoms with van der Waals surface area (Å²) in [5.74, 6) is -1.28. The molecule has 0 spiro atoms. The lowest BCUT2D eigenvalue weighted by Crippen LogP contribution is -2.43. The van der Waals surface area contributed by atoms with Crippen LogP contribution in [0.25, 0.3) is 0 Å². The molecule has 0 aliphatic carbocycles. The fraction of sp³-hybridized carbons (Fsp3) is 0.143. The third-order valence-corrected chi connectivity index (χ3v) is 4.72. The monoisotopic (exact) mass is 346 g/mol. The largest absolute Gasteiger partial charge is 0.480 e. The Hall–Kier alpha value is -3.34. The molecule has 1 amide bonds. The van der Waals surface area contributed by atoms with Gasteiger partial charge in [-0.25, -0.2) is 4.79 Å². The summed E-state index contributed by atoms with van der Waals surface area (Å²) in [6, 6.07) is 19.9. The van der Waals surface area contributed by atoms with Gasteiger partial charge < -0.3 is 9.67 Å². The molecular weight excluding hydrogens is 328 g/mol. The molecule has 1 unspecified atom stereocenters. The highest BCUT2D eigenvalue weighted by molar-refractivity contribution is 6.10. The maximum Gasteiger partial charge on any atom is 0.327 e. The van der Waals surface area contributed by atoms with Crippen LogP contribution in [0.1, 0.15) is 21.6 Å². The Morgan fingerprint density at radius 2 is 1.69 bits per heavy atom. The van der Waals surface area contributed by atoms with E-state index >= 15 is 0 Å². The fourth-order valence-electron chi connectivity index (χ4n) is 3.48. The molecule has 0 saturated heterocycles. The van der Waals surface area contributed by atoms with Gasteiger partial charge in [0.2, 0.25) is 0 Å². The Kier molecular flexibility index (Phi) is 4.05. The number of aliphatic carboxylic acids is 1. The first-order chi connectivity index (χ1) is 12.6. The molecule has 2 heterocycles. The van der Waals surface area contributed by atoms with Crippen molar-refractivity contribution in [3.05, 3.63) is 89.7 Å². The van der Waals surface area contributed by atoms with E-state index in [-0.39, 0.29) is 5.91 Å². The third kappa shape index (κ3) is 2.77. The Morgan fingerprint density at radius 1 is 0.962 bits per heavy atom. The number of anilines is 1. The topological polar surface area (TPSA) is 62.5 Å². The van der Waals surface area contributed by atoms with Crippen molar-refractivity contribution in [1.29, 1.82) is 0 Å². The second kappa shape index (κ2) is 6.52. The van der Waals surface area contributed by atoms with Crippen LogP contribution in [0.4, 0.5) is 5.69 Å². The van der Waals surface area contributed by atoms with E-state index < -0.39 is 12.0 Å². The Bertz CT molecular complexity index is 962. The highest BCUT2D eigenvalue weighted by atomic mass is 16.4. The molecule has 0 radical (unpaired) electrons. The summed E-state index contributed by atoms with van der Waals surface area (Å²) < 4.78 is 1.86. The van der Waals surface area contributed by atoms with Gasteiger partial charge >= 0.3 is 5.97 Å². The summed E-state index contributed by atoms with van der Waals surface area (Å²) in [6.45, 7) is 0.558. The number of aromatic nitrogens is 1. The maximum absolute atomic E-state index is 13.2. The van der Waals surface area contributed by atoms with Crippen molar-refractivity contribution >= 4 is 17.6 Å². The normalized spacial score (nSPS) is 15.7. The van der Waals surface area contributed by atoms with Crippen molar-refractivity contribution in [2.75, 3.05) is 4.90 Å². The number of para-hydroxylation sites is 1. The molecule has 1 atom stereocenters. The Balaban J connectivity index is 1.69. The molecule has 5 heteroatoms. The number of amides is 1. The molecule has 26 heavy (non-hydrogen) atoms. The van der Waals surface area contributed by atoms with E-state index in [1.165, 1.54) is 4.90 Å². The number of carboxylic acids is 1. The summed E-state index contributed by atoms with van der Waals surface area (Å²) in [6.07, 6.45) is 2.18. The summed E-state index contributed by atoms with van der Waals surface area (Å²) >= 11 is 0. The number of carboxylic acid groups (broad SMARTS) is 1. The van der Waals surface area contributed by atoms with Gasteiger partial charge in [0.05, 0.1) is 0 Å². The van der Waals surface area contributed by atoms with Crippen LogP contribution in [0.3, 0.4) is 0 Å². The van der Waals surface area contributed by atoms with E-state index in [0.717, 1.165) is 11.1 Å². The zero-order valence-electron chi connectivity index (χ0n) is 14.1. The Morgan fingerprint density at radius 3 is 2.46 bits per heavy atom. The van der Waals surface area contributed by atoms with Crippen molar-refractivity contribution in [3.63, 3.8) is 0 Å². The van der Waals surface area contributed by atoms with E-state index in [9.17, 15) is 14.7 Å². The first-order valence-electron chi connectivity index (χ1n) is 8.48. The van der Waals surface area contributed by atoms with Crippen LogP contribution in [0.5, 0.6) is 0 Å². The number of carbonyl (C=O) groups is 2. The Labute approximate surface area is 151 Å². The minimum Gasteiger partial charge on any atom is -0.480 e. The molecular formula is C21H18N2O3. The molecule has 130 valence electrons. The van der Waals surface area contributed by atoms with Crippen LogP contribution in [0.15, 0.2) is 72.9 Å². The van der Waals surface area contributed by atoms with Gasteiger partial charge in [-0.05, 0) is 29.3 Å². The molecule has 5 nitrogen and oxygen atoms in total. The predicted octanol–water partition coefficient (Wildman–Crippen LogP) is 3.19. The molecule has 4 rings (SSSR count). The number of carbonyl (C=O) groups excluding carboxylic acids is 1. The number of hydrogen-bond donors (Lipinski definition) is 1. The SMILES string of the molecule is O=C(O)C1Cc2ccccc2N1C(=O)c1cccn1Cc1ccccc1. The van der Waals surface area contributed by atoms with Crippen LogP contribution in [0, 0.1) is 0 Å². The van der Waals surface area contributed by atoms with E-state index in [4.69, 9.17) is 0 Å². The molecule has 3 aromatic rings. The smallest absolute Gasteiger partial charge is 0.327 e. The average molecular weight is 346 g/mol. The highest BCUT2D eigenvalue weighted by Crippen LogP contribution is 2.33. The fourth-order valence-corrected chi connectivity index (χ4v) is 3.48. The number of rotatable bonds is 4. The van der Waals surface area contributed by atoms with Crippen LogP contribution in [-0.2, 0) is 17.8 Å². The van der Waals surface area contributed by atoms with Gasteiger partial charge in [0.15, 0.2) is 0 Å². The van der Waals surface area contributed by atoms with Gasteiger partial charge in [0.1, 0.15) is 11.7 Å². The van der Waals surface area contributed by atoms with Gasteiger partial charge in [0.25, 0.3) is 5.91 Å². The summed E-state index contributed by atoms with van der Waals surface area (Å²) in [7, 11) is 0. The molecule has 0 saturated carbocycles. The first-order valence-corrected chi connectivity index (χ1v) is 8.48. The molecule has 1 aliphatic heterocycles. The molecule has 0 fully saturated rings. The number of nitrogens with zero attached hydrogens (tertiary/aromatic N) is 2. The van der Waals surface area contributed by atoms with Crippen molar-refractivity contribution in [2.45, 2.75) is 19.0 Å². The van der Waals surface area contributed by atoms with Crippen LogP contribution >= 0.6 is 0 Å². The predicted molar refractivity (Wildman–Crippen MR) is 98.4 cm³/mol. The summed E-state index contributed by atoms with van der Waals surface area (Å²) in [5.41, 5.74) is 3.12. The van der Waals surface area contributed by atoms with Gasteiger partial charge in [-0.15, -0.1) is 0 Å². The first kappa shape index (κ1) is 16.1. The van der Waals surface area contributed by atoms with Gasteiger partial charge in [-0.2, -0.15) is 0 Å². The number of fused-ring (bicyclic) bond motifs is 1. The zero-order valence-corrected chi connectivity index (χ0v) is 14.1. The van der Waals surface area contributed by atoms with Crippen molar-refractivity contribution in [3.8, 4) is 0 Å². The summed E-state index contributed by atoms with van der Waals surface area (Å²) in [4.78, 5) is 26.4. The minimum absolute atomic E-state index is 0.289. The molecule has 2 aromatic carbocycles. The van der Waals surface area contributed by atoms with Crippen molar-refractivity contribution in [1.82, 2.24) is 4.57 Å². The third-order valence-electron chi connectivity index (χ3n) is 4.72. The molecule has 1 N–H and O–H groups in total. The maximum atomic E-state index is 13.2. The zero-order chi connectivity index (χ0) is 18.1. The summed E-state index contributed by atoms with van der Waals surface area (Å²) in [5, 5.41) is 9.61. The molecule has 1 aromatic heterocycles. The lowest BCUT2D eigenvalue weighted by molar-refractivity contribution is -0.138. The van der Waals surface area contributed by atoms with Crippen molar-refractivity contribution < 1.29 is 14.7 Å². The molecule has 1 aliphatic rings. The average Bonchev–Trinajstić information content (AvgIpc) is 3.26. The van der Waals surface area contributed by atoms with E-state index in [2.05, 4.69) is 0 Å². The van der Waals surface area contributed by atoms with E-state index in [1.54, 1.807) is 12.1 Å². The van der Waals surface area contributed by atoms with Crippen LogP contribution in [0.2, 0.25) is 0 Å². The minimum atomic E-state index is -0.990. The molecule has 0 bridgehead atoms. The van der Waals surface area contributed by atoms with Gasteiger partial charge in [-0.1, -0.05) is 48.5 Å². The van der Waals surface area contributed by atoms with Crippen LogP contribution in [-0.4, -0.2) is 27.6 Å². The lowest BCUT2D eigenvalue weighted by Gasteiger charge is -2.23. The lowest BCUT2D eigenvalue weighted by atomic mass is 10.1. The highest BCUT2D eigenvalue weighted by Gasteiger charge is 2.39. The second-order valence-corrected chi connectivity index (χ2v) is 6.37. The number of benzene rings is 2. The standard InChI is InChI=1S/C21H18N2O3/c24-20(18-11-6-12-22(18)14-15-7-2-1-3-8-15)23-17-10-5-4-9-16(17)13-19(23)21(25)26/h1-12,19H,13-14H2,(H,25,26). The van der Waals surface area contributed by atoms with E-state index in [1.807, 2.05) is 65.4 Å². The second-order valence-electron chi connectivity index (χ2n) is 6.37. The van der Waals surface area contributed by atoms with E-state index in [0.29, 0.717) is 24.3 Å². The van der Waals surface area contributed by atoms with Gasteiger partial charge in [0, 0.05) is 24.8 Å². The van der Waals surface area contributed by atoms with Crippen LogP contribution < -0.4 is 4.90 Å². The van der Waals surface area contributed by atoms with Gasteiger partial charge in [-0.3, -0.25) is 9.69 Å². The van der Waals surface area contributed by atoms with Crippen molar-refractivity contribution in [2.24, 2.45) is 0 Å². The quantitative estimate of drug-likeness (QED) is 0.789.